The summed E-state index contributed by atoms with van der Waals surface area (Å²) in [4.78, 5) is 0. The number of rotatable bonds is 2. The zero-order chi connectivity index (χ0) is 5.91. The van der Waals surface area contributed by atoms with E-state index < -0.39 is 10.0 Å². The van der Waals surface area contributed by atoms with Crippen molar-refractivity contribution in [2.75, 3.05) is 6.54 Å². The lowest BCUT2D eigenvalue weighted by atomic mass is 10.8. The molecule has 0 aromatic heterocycles. The molecule has 0 saturated heterocycles. The van der Waals surface area contributed by atoms with Gasteiger partial charge in [-0.25, -0.2) is 13.1 Å². The van der Waals surface area contributed by atoms with Crippen LogP contribution in [0, 0.1) is 6.26 Å². The van der Waals surface area contributed by atoms with Gasteiger partial charge in [0.15, 0.2) is 0 Å². The van der Waals surface area contributed by atoms with E-state index in [0.717, 1.165) is 0 Å². The van der Waals surface area contributed by atoms with Gasteiger partial charge in [-0.3, -0.25) is 0 Å². The highest BCUT2D eigenvalue weighted by Gasteiger charge is 1.93. The van der Waals surface area contributed by atoms with Gasteiger partial charge in [0.2, 0.25) is 10.0 Å². The fourth-order valence-corrected chi connectivity index (χ4v) is 0.660. The molecule has 0 bridgehead atoms. The molecule has 3 nitrogen and oxygen atoms in total. The van der Waals surface area contributed by atoms with Crippen LogP contribution in [0.5, 0.6) is 0 Å². The third kappa shape index (κ3) is 5.91. The molecule has 0 aliphatic carbocycles. The molecule has 0 unspecified atom stereocenters. The highest BCUT2D eigenvalue weighted by Crippen LogP contribution is 1.71. The molecule has 0 aliphatic heterocycles. The summed E-state index contributed by atoms with van der Waals surface area (Å²) in [6.45, 7) is 2.11. The molecule has 0 fully saturated rings. The Bertz CT molecular complexity index is 126. The SMILES string of the molecule is [CH2]S(=O)(=O)NCC. The number of sulfonamides is 1. The van der Waals surface area contributed by atoms with E-state index in [1.807, 2.05) is 0 Å². The quantitative estimate of drug-likeness (QED) is 0.547. The molecule has 0 saturated carbocycles. The first kappa shape index (κ1) is 6.91. The van der Waals surface area contributed by atoms with Crippen LogP contribution in [0.1, 0.15) is 6.92 Å². The molecule has 0 spiro atoms. The van der Waals surface area contributed by atoms with Gasteiger partial charge in [-0.2, -0.15) is 0 Å². The van der Waals surface area contributed by atoms with Crippen LogP contribution in [-0.4, -0.2) is 15.0 Å². The van der Waals surface area contributed by atoms with E-state index in [0.29, 0.717) is 6.54 Å². The standard InChI is InChI=1S/C3H8NO2S/c1-3-4-7(2,5)6/h4H,2-3H2,1H3. The molecular formula is C3H8NO2S. The summed E-state index contributed by atoms with van der Waals surface area (Å²) in [6.07, 6.45) is 2.82. The van der Waals surface area contributed by atoms with Crippen molar-refractivity contribution in [2.45, 2.75) is 6.92 Å². The predicted octanol–water partition coefficient (Wildman–Crippen LogP) is -0.283. The second-order valence-corrected chi connectivity index (χ2v) is 2.63. The molecule has 0 aromatic carbocycles. The summed E-state index contributed by atoms with van der Waals surface area (Å²) in [5.74, 6) is 0. The van der Waals surface area contributed by atoms with Crippen molar-refractivity contribution in [3.05, 3.63) is 6.26 Å². The molecule has 1 N–H and O–H groups in total. The number of nitrogens with one attached hydrogen (secondary N) is 1. The largest absolute Gasteiger partial charge is 0.215 e. The Balaban J connectivity index is 3.60. The Kier molecular flexibility index (Phi) is 2.25. The first-order valence-electron chi connectivity index (χ1n) is 1.89. The highest BCUT2D eigenvalue weighted by molar-refractivity contribution is 7.90. The van der Waals surface area contributed by atoms with Crippen molar-refractivity contribution >= 4 is 10.0 Å². The summed E-state index contributed by atoms with van der Waals surface area (Å²) >= 11 is 0. The van der Waals surface area contributed by atoms with Crippen LogP contribution in [-0.2, 0) is 10.0 Å². The Labute approximate surface area is 43.8 Å². The van der Waals surface area contributed by atoms with Crippen LogP contribution in [0.2, 0.25) is 0 Å². The van der Waals surface area contributed by atoms with E-state index >= 15 is 0 Å². The zero-order valence-corrected chi connectivity index (χ0v) is 4.96. The minimum atomic E-state index is -3.17. The van der Waals surface area contributed by atoms with Crippen molar-refractivity contribution in [3.63, 3.8) is 0 Å². The van der Waals surface area contributed by atoms with Crippen LogP contribution in [0.15, 0.2) is 0 Å². The average molecular weight is 122 g/mol. The maximum Gasteiger partial charge on any atom is 0.212 e. The zero-order valence-electron chi connectivity index (χ0n) is 4.14. The highest BCUT2D eigenvalue weighted by atomic mass is 32.2. The number of hydrogen-bond acceptors (Lipinski definition) is 2. The maximum absolute atomic E-state index is 10.0. The maximum atomic E-state index is 10.0. The lowest BCUT2D eigenvalue weighted by Gasteiger charge is -1.91. The normalized spacial score (nSPS) is 11.7. The van der Waals surface area contributed by atoms with Crippen LogP contribution >= 0.6 is 0 Å². The summed E-state index contributed by atoms with van der Waals surface area (Å²) < 4.78 is 22.2. The third-order valence-corrected chi connectivity index (χ3v) is 1.09. The molecule has 0 rings (SSSR count). The second kappa shape index (κ2) is 2.28. The molecule has 7 heavy (non-hydrogen) atoms. The molecule has 0 atom stereocenters. The summed E-state index contributed by atoms with van der Waals surface area (Å²) in [6, 6.07) is 0. The molecule has 0 aliphatic rings. The van der Waals surface area contributed by atoms with Crippen LogP contribution in [0.3, 0.4) is 0 Å². The monoisotopic (exact) mass is 122 g/mol. The summed E-state index contributed by atoms with van der Waals surface area (Å²) in [5, 5.41) is 0. The minimum Gasteiger partial charge on any atom is -0.215 e. The number of hydrogen-bond donors (Lipinski definition) is 1. The molecule has 0 heterocycles. The Morgan fingerprint density at radius 2 is 2.14 bits per heavy atom. The van der Waals surface area contributed by atoms with E-state index in [1.54, 1.807) is 6.92 Å². The lowest BCUT2D eigenvalue weighted by molar-refractivity contribution is 0.593. The minimum absolute atomic E-state index is 0.409. The van der Waals surface area contributed by atoms with E-state index in [2.05, 4.69) is 11.0 Å². The van der Waals surface area contributed by atoms with E-state index in [9.17, 15) is 8.42 Å². The Morgan fingerprint density at radius 3 is 2.14 bits per heavy atom. The van der Waals surface area contributed by atoms with Crippen molar-refractivity contribution < 1.29 is 8.42 Å². The molecule has 0 amide bonds. The summed E-state index contributed by atoms with van der Waals surface area (Å²) in [7, 11) is -3.17. The van der Waals surface area contributed by atoms with E-state index in [4.69, 9.17) is 0 Å². The summed E-state index contributed by atoms with van der Waals surface area (Å²) in [5.41, 5.74) is 0. The first-order valence-corrected chi connectivity index (χ1v) is 3.54. The van der Waals surface area contributed by atoms with Crippen LogP contribution in [0.25, 0.3) is 0 Å². The fraction of sp³-hybridized carbons (Fsp3) is 0.667. The van der Waals surface area contributed by atoms with Crippen LogP contribution < -0.4 is 4.72 Å². The van der Waals surface area contributed by atoms with Crippen molar-refractivity contribution in [1.82, 2.24) is 4.72 Å². The van der Waals surface area contributed by atoms with Gasteiger partial charge in [-0.15, -0.1) is 0 Å². The van der Waals surface area contributed by atoms with Gasteiger partial charge in [-0.05, 0) is 0 Å². The molecule has 0 aromatic rings. The van der Waals surface area contributed by atoms with Gasteiger partial charge in [0.1, 0.15) is 0 Å². The third-order valence-electron chi connectivity index (χ3n) is 0.364. The van der Waals surface area contributed by atoms with Gasteiger partial charge in [0.05, 0.1) is 6.26 Å². The second-order valence-electron chi connectivity index (χ2n) is 1.11. The predicted molar refractivity (Wildman–Crippen MR) is 28.0 cm³/mol. The van der Waals surface area contributed by atoms with Crippen molar-refractivity contribution in [3.8, 4) is 0 Å². The van der Waals surface area contributed by atoms with Crippen molar-refractivity contribution in [2.24, 2.45) is 0 Å². The smallest absolute Gasteiger partial charge is 0.212 e. The topological polar surface area (TPSA) is 46.2 Å². The van der Waals surface area contributed by atoms with Gasteiger partial charge in [-0.1, -0.05) is 6.92 Å². The molecule has 43 valence electrons. The Hall–Kier alpha value is -0.0900. The van der Waals surface area contributed by atoms with Crippen molar-refractivity contribution in [1.29, 1.82) is 0 Å². The molecule has 4 heteroatoms. The fourth-order valence-electron chi connectivity index (χ4n) is 0.220. The lowest BCUT2D eigenvalue weighted by Crippen LogP contribution is -2.18. The van der Waals surface area contributed by atoms with Gasteiger partial charge >= 0.3 is 0 Å². The molecule has 1 radical (unpaired) electrons. The van der Waals surface area contributed by atoms with Gasteiger partial charge in [0.25, 0.3) is 0 Å². The molecular weight excluding hydrogens is 114 g/mol. The van der Waals surface area contributed by atoms with E-state index in [1.165, 1.54) is 0 Å². The first-order chi connectivity index (χ1) is 3.06. The van der Waals surface area contributed by atoms with Crippen LogP contribution in [0.4, 0.5) is 0 Å². The van der Waals surface area contributed by atoms with E-state index in [-0.39, 0.29) is 0 Å². The average Bonchev–Trinajstić information content (AvgIpc) is 1.30. The Morgan fingerprint density at radius 1 is 1.71 bits per heavy atom. The van der Waals surface area contributed by atoms with Gasteiger partial charge < -0.3 is 0 Å². The van der Waals surface area contributed by atoms with Gasteiger partial charge in [0, 0.05) is 6.54 Å².